The molecule has 1 N–H and O–H groups in total. The van der Waals surface area contributed by atoms with Gasteiger partial charge in [0, 0.05) is 25.0 Å². The van der Waals surface area contributed by atoms with E-state index in [1.54, 1.807) is 12.3 Å². The highest BCUT2D eigenvalue weighted by Gasteiger charge is 2.26. The van der Waals surface area contributed by atoms with Crippen LogP contribution in [0.3, 0.4) is 0 Å². The van der Waals surface area contributed by atoms with Crippen LogP contribution in [-0.4, -0.2) is 35.1 Å². The molecular formula is C17H16ClF2N3O2. The highest BCUT2D eigenvalue weighted by atomic mass is 35.5. The van der Waals surface area contributed by atoms with Gasteiger partial charge < -0.3 is 15.0 Å². The van der Waals surface area contributed by atoms with E-state index in [1.807, 2.05) is 0 Å². The number of ether oxygens (including phenoxy) is 1. The number of hydrogen-bond donors (Lipinski definition) is 1. The minimum atomic E-state index is -0.818. The number of piperidine rings is 1. The number of pyridine rings is 1. The largest absolute Gasteiger partial charge is 0.487 e. The van der Waals surface area contributed by atoms with Crippen molar-refractivity contribution in [2.45, 2.75) is 18.9 Å². The molecule has 0 radical (unpaired) electrons. The molecule has 0 aliphatic carbocycles. The maximum Gasteiger partial charge on any atom is 0.322 e. The molecule has 0 spiro atoms. The minimum absolute atomic E-state index is 0.259. The van der Waals surface area contributed by atoms with E-state index >= 15 is 0 Å². The van der Waals surface area contributed by atoms with Gasteiger partial charge >= 0.3 is 6.03 Å². The van der Waals surface area contributed by atoms with E-state index in [0.29, 0.717) is 30.3 Å². The Morgan fingerprint density at radius 2 is 2.08 bits per heavy atom. The summed E-state index contributed by atoms with van der Waals surface area (Å²) in [5.74, 6) is -1.15. The Balaban J connectivity index is 1.65. The second kappa shape index (κ2) is 7.65. The zero-order valence-corrected chi connectivity index (χ0v) is 14.0. The van der Waals surface area contributed by atoms with Gasteiger partial charge in [0.1, 0.15) is 34.2 Å². The zero-order chi connectivity index (χ0) is 17.8. The number of rotatable bonds is 3. The fourth-order valence-corrected chi connectivity index (χ4v) is 2.82. The Bertz CT molecular complexity index is 755. The molecule has 1 aromatic heterocycles. The Kier molecular flexibility index (Phi) is 5.33. The summed E-state index contributed by atoms with van der Waals surface area (Å²) >= 11 is 6.02. The molecule has 2 aromatic rings. The number of halogens is 3. The van der Waals surface area contributed by atoms with Gasteiger partial charge in [-0.3, -0.25) is 4.98 Å². The molecule has 0 bridgehead atoms. The third-order valence-corrected chi connectivity index (χ3v) is 4.17. The first-order valence-corrected chi connectivity index (χ1v) is 8.18. The Labute approximate surface area is 148 Å². The number of urea groups is 1. The number of nitrogens with zero attached hydrogens (tertiary/aromatic N) is 2. The molecule has 1 atom stereocenters. The number of amides is 2. The zero-order valence-electron chi connectivity index (χ0n) is 13.2. The second-order valence-corrected chi connectivity index (χ2v) is 6.07. The summed E-state index contributed by atoms with van der Waals surface area (Å²) in [7, 11) is 0. The number of likely N-dealkylation sites (tertiary alicyclic amines) is 1. The molecule has 1 aromatic carbocycles. The lowest BCUT2D eigenvalue weighted by Gasteiger charge is -2.33. The maximum atomic E-state index is 13.7. The quantitative estimate of drug-likeness (QED) is 0.889. The van der Waals surface area contributed by atoms with Crippen molar-refractivity contribution in [2.24, 2.45) is 0 Å². The van der Waals surface area contributed by atoms with Crippen molar-refractivity contribution in [3.63, 3.8) is 0 Å². The maximum absolute atomic E-state index is 13.7. The SMILES string of the molecule is O=C(Nc1c(F)cccc1F)N1CCCC(Oc2ccncc2Cl)C1. The van der Waals surface area contributed by atoms with E-state index in [4.69, 9.17) is 16.3 Å². The monoisotopic (exact) mass is 367 g/mol. The number of aromatic nitrogens is 1. The van der Waals surface area contributed by atoms with Crippen LogP contribution in [0.2, 0.25) is 5.02 Å². The molecule has 2 heterocycles. The van der Waals surface area contributed by atoms with Crippen molar-refractivity contribution >= 4 is 23.3 Å². The highest BCUT2D eigenvalue weighted by molar-refractivity contribution is 6.31. The third-order valence-electron chi connectivity index (χ3n) is 3.89. The van der Waals surface area contributed by atoms with Gasteiger partial charge in [-0.25, -0.2) is 13.6 Å². The first-order chi connectivity index (χ1) is 12.0. The van der Waals surface area contributed by atoms with Crippen LogP contribution in [0.25, 0.3) is 0 Å². The van der Waals surface area contributed by atoms with E-state index in [0.717, 1.165) is 18.6 Å². The van der Waals surface area contributed by atoms with Crippen LogP contribution in [-0.2, 0) is 0 Å². The van der Waals surface area contributed by atoms with Crippen molar-refractivity contribution in [1.29, 1.82) is 0 Å². The fourth-order valence-electron chi connectivity index (χ4n) is 2.66. The summed E-state index contributed by atoms with van der Waals surface area (Å²) in [5, 5.41) is 2.68. The van der Waals surface area contributed by atoms with Crippen LogP contribution in [0.1, 0.15) is 12.8 Å². The van der Waals surface area contributed by atoms with Crippen molar-refractivity contribution in [1.82, 2.24) is 9.88 Å². The lowest BCUT2D eigenvalue weighted by molar-refractivity contribution is 0.106. The number of carbonyl (C=O) groups excluding carboxylic acids is 1. The molecule has 132 valence electrons. The lowest BCUT2D eigenvalue weighted by atomic mass is 10.1. The van der Waals surface area contributed by atoms with Gasteiger partial charge in [0.15, 0.2) is 0 Å². The second-order valence-electron chi connectivity index (χ2n) is 5.66. The van der Waals surface area contributed by atoms with Gasteiger partial charge in [0.05, 0.1) is 6.54 Å². The topological polar surface area (TPSA) is 54.5 Å². The summed E-state index contributed by atoms with van der Waals surface area (Å²) in [6, 6.07) is 4.50. The Morgan fingerprint density at radius 1 is 1.32 bits per heavy atom. The smallest absolute Gasteiger partial charge is 0.322 e. The lowest BCUT2D eigenvalue weighted by Crippen LogP contribution is -2.46. The normalized spacial score (nSPS) is 17.2. The average molecular weight is 368 g/mol. The molecule has 2 amide bonds. The summed E-state index contributed by atoms with van der Waals surface area (Å²) in [6.07, 6.45) is 4.24. The van der Waals surface area contributed by atoms with Crippen molar-refractivity contribution < 1.29 is 18.3 Å². The van der Waals surface area contributed by atoms with E-state index in [9.17, 15) is 13.6 Å². The van der Waals surface area contributed by atoms with Gasteiger partial charge in [-0.1, -0.05) is 17.7 Å². The fraction of sp³-hybridized carbons (Fsp3) is 0.294. The molecule has 25 heavy (non-hydrogen) atoms. The van der Waals surface area contributed by atoms with Crippen LogP contribution in [0.4, 0.5) is 19.3 Å². The van der Waals surface area contributed by atoms with Gasteiger partial charge in [0.25, 0.3) is 0 Å². The van der Waals surface area contributed by atoms with Crippen LogP contribution in [0.5, 0.6) is 5.75 Å². The molecule has 1 aliphatic rings. The molecule has 1 fully saturated rings. The molecule has 8 heteroatoms. The van der Waals surface area contributed by atoms with Gasteiger partial charge in [0.2, 0.25) is 0 Å². The standard InChI is InChI=1S/C17H16ClF2N3O2/c18-12-9-21-7-6-15(12)25-11-3-2-8-23(10-11)17(24)22-16-13(19)4-1-5-14(16)20/h1,4-7,9,11H,2-3,8,10H2,(H,22,24). The predicted molar refractivity (Wildman–Crippen MR) is 89.8 cm³/mol. The number of carbonyl (C=O) groups is 1. The van der Waals surface area contributed by atoms with Crippen LogP contribution < -0.4 is 10.1 Å². The van der Waals surface area contributed by atoms with Crippen molar-refractivity contribution in [2.75, 3.05) is 18.4 Å². The van der Waals surface area contributed by atoms with Crippen LogP contribution >= 0.6 is 11.6 Å². The number of nitrogens with one attached hydrogen (secondary N) is 1. The summed E-state index contributed by atoms with van der Waals surface area (Å²) in [5.41, 5.74) is -0.451. The van der Waals surface area contributed by atoms with Crippen LogP contribution in [0, 0.1) is 11.6 Å². The van der Waals surface area contributed by atoms with Gasteiger partial charge in [-0.2, -0.15) is 0 Å². The molecular weight excluding hydrogens is 352 g/mol. The van der Waals surface area contributed by atoms with E-state index in [2.05, 4.69) is 10.3 Å². The minimum Gasteiger partial charge on any atom is -0.487 e. The number of benzene rings is 1. The first-order valence-electron chi connectivity index (χ1n) is 7.80. The molecule has 1 aliphatic heterocycles. The summed E-state index contributed by atoms with van der Waals surface area (Å²) < 4.78 is 33.2. The van der Waals surface area contributed by atoms with E-state index in [1.165, 1.54) is 17.2 Å². The highest BCUT2D eigenvalue weighted by Crippen LogP contribution is 2.26. The van der Waals surface area contributed by atoms with Gasteiger partial charge in [-0.05, 0) is 25.0 Å². The third kappa shape index (κ3) is 4.17. The van der Waals surface area contributed by atoms with Gasteiger partial charge in [-0.15, -0.1) is 0 Å². The van der Waals surface area contributed by atoms with E-state index in [-0.39, 0.29) is 6.10 Å². The number of para-hydroxylation sites is 1. The Morgan fingerprint density at radius 3 is 2.80 bits per heavy atom. The molecule has 0 saturated carbocycles. The number of hydrogen-bond acceptors (Lipinski definition) is 3. The molecule has 1 unspecified atom stereocenters. The Hall–Kier alpha value is -2.41. The first kappa shape index (κ1) is 17.4. The average Bonchev–Trinajstić information content (AvgIpc) is 2.60. The molecule has 1 saturated heterocycles. The van der Waals surface area contributed by atoms with Crippen molar-refractivity contribution in [3.8, 4) is 5.75 Å². The molecule has 3 rings (SSSR count). The van der Waals surface area contributed by atoms with Crippen molar-refractivity contribution in [3.05, 3.63) is 53.3 Å². The number of anilines is 1. The molecule has 5 nitrogen and oxygen atoms in total. The van der Waals surface area contributed by atoms with E-state index < -0.39 is 23.4 Å². The predicted octanol–water partition coefficient (Wildman–Crippen LogP) is 4.09. The van der Waals surface area contributed by atoms with Crippen LogP contribution in [0.15, 0.2) is 36.7 Å². The summed E-state index contributed by atoms with van der Waals surface area (Å²) in [4.78, 5) is 17.7. The summed E-state index contributed by atoms with van der Waals surface area (Å²) in [6.45, 7) is 0.770.